The monoisotopic (exact) mass is 236 g/mol. The van der Waals surface area contributed by atoms with Crippen LogP contribution in [0.25, 0.3) is 0 Å². The molecule has 1 aliphatic rings. The normalized spacial score (nSPS) is 26.1. The van der Waals surface area contributed by atoms with Gasteiger partial charge >= 0.3 is 0 Å². The van der Waals surface area contributed by atoms with Crippen molar-refractivity contribution in [3.63, 3.8) is 0 Å². The van der Waals surface area contributed by atoms with Gasteiger partial charge in [-0.25, -0.2) is 4.98 Å². The van der Waals surface area contributed by atoms with Crippen molar-refractivity contribution in [2.24, 2.45) is 16.8 Å². The first kappa shape index (κ1) is 12.0. The number of hydrogen-bond donors (Lipinski definition) is 2. The van der Waals surface area contributed by atoms with Gasteiger partial charge in [-0.1, -0.05) is 31.3 Å². The Labute approximate surface area is 101 Å². The Bertz CT molecular complexity index is 399. The van der Waals surface area contributed by atoms with Crippen LogP contribution in [0.5, 0.6) is 0 Å². The average Bonchev–Trinajstić information content (AvgIpc) is 2.86. The largest absolute Gasteiger partial charge is 0.409 e. The van der Waals surface area contributed by atoms with Crippen LogP contribution in [0.15, 0.2) is 17.5 Å². The zero-order valence-electron chi connectivity index (χ0n) is 10.2. The second-order valence-electron chi connectivity index (χ2n) is 4.66. The minimum atomic E-state index is 0.0930. The first-order chi connectivity index (χ1) is 8.27. The Kier molecular flexibility index (Phi) is 3.66. The van der Waals surface area contributed by atoms with Gasteiger partial charge in [-0.3, -0.25) is 0 Å². The molecule has 3 N–H and O–H groups in total. The van der Waals surface area contributed by atoms with E-state index in [-0.39, 0.29) is 5.84 Å². The number of hydrogen-bond acceptors (Lipinski definition) is 3. The van der Waals surface area contributed by atoms with Crippen molar-refractivity contribution in [2.45, 2.75) is 45.1 Å². The molecule has 0 bridgehead atoms. The molecule has 2 unspecified atom stereocenters. The molecule has 0 radical (unpaired) electrons. The van der Waals surface area contributed by atoms with E-state index in [4.69, 9.17) is 10.9 Å². The van der Waals surface area contributed by atoms with Crippen LogP contribution in [0, 0.1) is 5.92 Å². The van der Waals surface area contributed by atoms with E-state index in [1.807, 2.05) is 6.20 Å². The summed E-state index contributed by atoms with van der Waals surface area (Å²) in [5, 5.41) is 11.8. The van der Waals surface area contributed by atoms with Gasteiger partial charge in [0.05, 0.1) is 0 Å². The Balaban J connectivity index is 2.29. The lowest BCUT2D eigenvalue weighted by Gasteiger charge is -2.32. The van der Waals surface area contributed by atoms with Gasteiger partial charge in [0.2, 0.25) is 5.84 Å². The van der Waals surface area contributed by atoms with Crippen molar-refractivity contribution in [2.75, 3.05) is 0 Å². The molecule has 0 amide bonds. The van der Waals surface area contributed by atoms with E-state index in [9.17, 15) is 0 Å². The predicted octanol–water partition coefficient (Wildman–Crippen LogP) is 2.12. The number of aromatic nitrogens is 2. The summed E-state index contributed by atoms with van der Waals surface area (Å²) in [4.78, 5) is 4.18. The molecule has 1 aromatic heterocycles. The summed E-state index contributed by atoms with van der Waals surface area (Å²) in [6.07, 6.45) is 9.78. The third-order valence-corrected chi connectivity index (χ3v) is 3.76. The van der Waals surface area contributed by atoms with Gasteiger partial charge in [0, 0.05) is 18.4 Å². The lowest BCUT2D eigenvalue weighted by atomic mass is 9.82. The highest BCUT2D eigenvalue weighted by molar-refractivity contribution is 5.93. The van der Waals surface area contributed by atoms with Gasteiger partial charge in [-0.05, 0) is 18.8 Å². The average molecular weight is 236 g/mol. The van der Waals surface area contributed by atoms with E-state index in [2.05, 4.69) is 21.6 Å². The van der Waals surface area contributed by atoms with Gasteiger partial charge in [-0.2, -0.15) is 0 Å². The summed E-state index contributed by atoms with van der Waals surface area (Å²) in [7, 11) is 0. The van der Waals surface area contributed by atoms with Crippen LogP contribution in [0.2, 0.25) is 0 Å². The molecule has 1 fully saturated rings. The molecule has 1 saturated carbocycles. The molecule has 0 saturated heterocycles. The van der Waals surface area contributed by atoms with Crippen molar-refractivity contribution in [1.29, 1.82) is 0 Å². The maximum Gasteiger partial charge on any atom is 0.206 e. The van der Waals surface area contributed by atoms with Crippen molar-refractivity contribution < 1.29 is 5.21 Å². The first-order valence-corrected chi connectivity index (χ1v) is 6.28. The highest BCUT2D eigenvalue weighted by atomic mass is 16.4. The molecule has 1 aliphatic carbocycles. The fraction of sp³-hybridized carbons (Fsp3) is 0.667. The van der Waals surface area contributed by atoms with Crippen LogP contribution >= 0.6 is 0 Å². The molecule has 17 heavy (non-hydrogen) atoms. The fourth-order valence-electron chi connectivity index (χ4n) is 2.85. The zero-order valence-corrected chi connectivity index (χ0v) is 10.2. The number of imidazole rings is 1. The SMILES string of the molecule is CCC1CCCCC1n1ccnc1C(N)=NO. The maximum absolute atomic E-state index is 8.76. The topological polar surface area (TPSA) is 76.4 Å². The zero-order chi connectivity index (χ0) is 12.3. The van der Waals surface area contributed by atoms with Crippen molar-refractivity contribution in [1.82, 2.24) is 9.55 Å². The molecule has 1 heterocycles. The molecule has 1 aromatic rings. The van der Waals surface area contributed by atoms with E-state index in [1.165, 1.54) is 25.7 Å². The highest BCUT2D eigenvalue weighted by Crippen LogP contribution is 2.36. The molecule has 5 heteroatoms. The number of nitrogens with two attached hydrogens (primary N) is 1. The Hall–Kier alpha value is -1.52. The summed E-state index contributed by atoms with van der Waals surface area (Å²) in [5.41, 5.74) is 5.65. The third-order valence-electron chi connectivity index (χ3n) is 3.76. The van der Waals surface area contributed by atoms with Crippen LogP contribution in [-0.2, 0) is 0 Å². The molecule has 5 nitrogen and oxygen atoms in total. The first-order valence-electron chi connectivity index (χ1n) is 6.28. The molecule has 0 spiro atoms. The van der Waals surface area contributed by atoms with Crippen LogP contribution < -0.4 is 5.73 Å². The smallest absolute Gasteiger partial charge is 0.206 e. The molecular weight excluding hydrogens is 216 g/mol. The van der Waals surface area contributed by atoms with Crippen molar-refractivity contribution >= 4 is 5.84 Å². The molecule has 0 aromatic carbocycles. The number of amidine groups is 1. The molecule has 0 aliphatic heterocycles. The second-order valence-corrected chi connectivity index (χ2v) is 4.66. The van der Waals surface area contributed by atoms with Crippen LogP contribution in [-0.4, -0.2) is 20.6 Å². The van der Waals surface area contributed by atoms with Gasteiger partial charge in [0.15, 0.2) is 5.82 Å². The number of rotatable bonds is 3. The Morgan fingerprint density at radius 1 is 1.59 bits per heavy atom. The molecule has 94 valence electrons. The minimum absolute atomic E-state index is 0.0930. The van der Waals surface area contributed by atoms with E-state index in [1.54, 1.807) is 6.20 Å². The summed E-state index contributed by atoms with van der Waals surface area (Å²) in [6, 6.07) is 0.437. The van der Waals surface area contributed by atoms with Gasteiger partial charge in [-0.15, -0.1) is 0 Å². The lowest BCUT2D eigenvalue weighted by molar-refractivity contribution is 0.231. The summed E-state index contributed by atoms with van der Waals surface area (Å²) < 4.78 is 2.07. The van der Waals surface area contributed by atoms with Gasteiger partial charge < -0.3 is 15.5 Å². The summed E-state index contributed by atoms with van der Waals surface area (Å²) >= 11 is 0. The number of oxime groups is 1. The van der Waals surface area contributed by atoms with Gasteiger partial charge in [0.1, 0.15) is 0 Å². The van der Waals surface area contributed by atoms with Crippen molar-refractivity contribution in [3.05, 3.63) is 18.2 Å². The van der Waals surface area contributed by atoms with Crippen LogP contribution in [0.1, 0.15) is 50.9 Å². The fourth-order valence-corrected chi connectivity index (χ4v) is 2.85. The number of nitrogens with zero attached hydrogens (tertiary/aromatic N) is 3. The van der Waals surface area contributed by atoms with E-state index < -0.39 is 0 Å². The van der Waals surface area contributed by atoms with E-state index in [0.29, 0.717) is 17.8 Å². The Morgan fingerprint density at radius 3 is 3.06 bits per heavy atom. The molecular formula is C12H20N4O. The molecule has 2 rings (SSSR count). The standard InChI is InChI=1S/C12H20N4O/c1-2-9-5-3-4-6-10(9)16-8-7-14-12(16)11(13)15-17/h7-10,17H,2-6H2,1H3,(H2,13,15). The van der Waals surface area contributed by atoms with Crippen LogP contribution in [0.3, 0.4) is 0 Å². The van der Waals surface area contributed by atoms with E-state index >= 15 is 0 Å². The summed E-state index contributed by atoms with van der Waals surface area (Å²) in [6.45, 7) is 2.23. The van der Waals surface area contributed by atoms with Crippen molar-refractivity contribution in [3.8, 4) is 0 Å². The predicted molar refractivity (Wildman–Crippen MR) is 66.0 cm³/mol. The highest BCUT2D eigenvalue weighted by Gasteiger charge is 2.27. The van der Waals surface area contributed by atoms with Crippen LogP contribution in [0.4, 0.5) is 0 Å². The quantitative estimate of drug-likeness (QED) is 0.365. The second kappa shape index (κ2) is 5.21. The van der Waals surface area contributed by atoms with E-state index in [0.717, 1.165) is 6.42 Å². The van der Waals surface area contributed by atoms with Gasteiger partial charge in [0.25, 0.3) is 0 Å². The Morgan fingerprint density at radius 2 is 2.35 bits per heavy atom. The summed E-state index contributed by atoms with van der Waals surface area (Å²) in [5.74, 6) is 1.34. The third kappa shape index (κ3) is 2.28. The maximum atomic E-state index is 8.76. The molecule has 2 atom stereocenters. The minimum Gasteiger partial charge on any atom is -0.409 e. The lowest BCUT2D eigenvalue weighted by Crippen LogP contribution is -2.28.